The number of sulfonamides is 1. The van der Waals surface area contributed by atoms with E-state index in [1.54, 1.807) is 0 Å². The van der Waals surface area contributed by atoms with Gasteiger partial charge in [-0.3, -0.25) is 0 Å². The number of hydrogen-bond acceptors (Lipinski definition) is 4. The lowest BCUT2D eigenvalue weighted by Gasteiger charge is -2.31. The molecule has 0 bridgehead atoms. The van der Waals surface area contributed by atoms with Crippen molar-refractivity contribution in [2.45, 2.75) is 29.9 Å². The van der Waals surface area contributed by atoms with Crippen LogP contribution in [0.2, 0.25) is 10.2 Å². The largest absolute Gasteiger partial charge is 0.393 e. The van der Waals surface area contributed by atoms with E-state index in [4.69, 9.17) is 28.3 Å². The number of halogens is 2. The molecule has 0 radical (unpaired) electrons. The molecule has 0 atom stereocenters. The van der Waals surface area contributed by atoms with Crippen molar-refractivity contribution in [3.8, 4) is 0 Å². The first-order valence-electron chi connectivity index (χ1n) is 4.90. The van der Waals surface area contributed by atoms with Gasteiger partial charge in [0.2, 0.25) is 10.0 Å². The minimum Gasteiger partial charge on any atom is -0.393 e. The molecule has 0 aliphatic heterocycles. The molecule has 0 saturated heterocycles. The van der Waals surface area contributed by atoms with Gasteiger partial charge in [-0.15, -0.1) is 0 Å². The van der Waals surface area contributed by atoms with Gasteiger partial charge in [-0.05, 0) is 18.9 Å². The summed E-state index contributed by atoms with van der Waals surface area (Å²) in [7, 11) is -3.65. The highest BCUT2D eigenvalue weighted by Crippen LogP contribution is 2.25. The van der Waals surface area contributed by atoms with E-state index in [-0.39, 0.29) is 21.1 Å². The Labute approximate surface area is 109 Å². The van der Waals surface area contributed by atoms with Crippen molar-refractivity contribution >= 4 is 33.2 Å². The summed E-state index contributed by atoms with van der Waals surface area (Å²) in [6, 6.07) is 1.01. The summed E-state index contributed by atoms with van der Waals surface area (Å²) >= 11 is 11.3. The monoisotopic (exact) mass is 296 g/mol. The first-order valence-corrected chi connectivity index (χ1v) is 7.14. The maximum atomic E-state index is 11.9. The van der Waals surface area contributed by atoms with Gasteiger partial charge in [0.25, 0.3) is 0 Å². The second-order valence-corrected chi connectivity index (χ2v) is 6.37. The average molecular weight is 297 g/mol. The fourth-order valence-electron chi connectivity index (χ4n) is 1.52. The molecule has 1 aromatic heterocycles. The molecule has 2 N–H and O–H groups in total. The van der Waals surface area contributed by atoms with Gasteiger partial charge in [0.1, 0.15) is 10.0 Å². The molecule has 0 aromatic carbocycles. The molecular weight excluding hydrogens is 287 g/mol. The van der Waals surface area contributed by atoms with Gasteiger partial charge in [0.15, 0.2) is 0 Å². The summed E-state index contributed by atoms with van der Waals surface area (Å²) < 4.78 is 26.2. The third kappa shape index (κ3) is 2.89. The van der Waals surface area contributed by atoms with E-state index in [9.17, 15) is 8.42 Å². The molecule has 94 valence electrons. The standard InChI is InChI=1S/C9H10Cl2N2O3S/c10-8-3-7(4-12-9(8)11)17(15,16)13-5-1-6(14)2-5/h3-6,13-14H,1-2H2. The highest BCUT2D eigenvalue weighted by Gasteiger charge is 2.31. The molecule has 5 nitrogen and oxygen atoms in total. The number of rotatable bonds is 3. The Morgan fingerprint density at radius 2 is 2.06 bits per heavy atom. The number of pyridine rings is 1. The fraction of sp³-hybridized carbons (Fsp3) is 0.444. The maximum Gasteiger partial charge on any atom is 0.242 e. The van der Waals surface area contributed by atoms with Crippen molar-refractivity contribution in [1.29, 1.82) is 0 Å². The Bertz CT molecular complexity index is 529. The number of aromatic nitrogens is 1. The van der Waals surface area contributed by atoms with Crippen molar-refractivity contribution < 1.29 is 13.5 Å². The maximum absolute atomic E-state index is 11.9. The third-order valence-corrected chi connectivity index (χ3v) is 4.69. The van der Waals surface area contributed by atoms with E-state index in [0.29, 0.717) is 12.8 Å². The number of aliphatic hydroxyl groups is 1. The van der Waals surface area contributed by atoms with Crippen LogP contribution in [0.25, 0.3) is 0 Å². The molecule has 0 spiro atoms. The smallest absolute Gasteiger partial charge is 0.242 e. The summed E-state index contributed by atoms with van der Waals surface area (Å²) in [4.78, 5) is 3.64. The summed E-state index contributed by atoms with van der Waals surface area (Å²) in [6.45, 7) is 0. The van der Waals surface area contributed by atoms with Gasteiger partial charge >= 0.3 is 0 Å². The van der Waals surface area contributed by atoms with Crippen molar-refractivity contribution in [3.05, 3.63) is 22.4 Å². The molecule has 2 rings (SSSR count). The summed E-state index contributed by atoms with van der Waals surface area (Å²) in [5.74, 6) is 0. The van der Waals surface area contributed by atoms with Crippen LogP contribution in [0.15, 0.2) is 17.2 Å². The van der Waals surface area contributed by atoms with E-state index in [1.165, 1.54) is 6.07 Å². The lowest BCUT2D eigenvalue weighted by atomic mass is 9.91. The highest BCUT2D eigenvalue weighted by molar-refractivity contribution is 7.89. The topological polar surface area (TPSA) is 79.3 Å². The molecule has 0 unspecified atom stereocenters. The number of aliphatic hydroxyl groups excluding tert-OH is 1. The van der Waals surface area contributed by atoms with Crippen LogP contribution >= 0.6 is 23.2 Å². The second-order valence-electron chi connectivity index (χ2n) is 3.89. The van der Waals surface area contributed by atoms with Crippen LogP contribution in [0.5, 0.6) is 0 Å². The first-order chi connectivity index (χ1) is 7.88. The number of nitrogens with zero attached hydrogens (tertiary/aromatic N) is 1. The molecule has 1 aromatic rings. The molecule has 8 heteroatoms. The molecule has 17 heavy (non-hydrogen) atoms. The first kappa shape index (κ1) is 13.0. The van der Waals surface area contributed by atoms with Gasteiger partial charge in [0, 0.05) is 12.2 Å². The van der Waals surface area contributed by atoms with E-state index < -0.39 is 16.1 Å². The number of nitrogens with one attached hydrogen (secondary N) is 1. The van der Waals surface area contributed by atoms with Crippen LogP contribution < -0.4 is 4.72 Å². The lowest BCUT2D eigenvalue weighted by molar-refractivity contribution is 0.0712. The van der Waals surface area contributed by atoms with Gasteiger partial charge in [-0.2, -0.15) is 0 Å². The van der Waals surface area contributed by atoms with Crippen LogP contribution in [-0.4, -0.2) is 30.7 Å². The summed E-state index contributed by atoms with van der Waals surface area (Å²) in [5.41, 5.74) is 0. The average Bonchev–Trinajstić information content (AvgIpc) is 2.19. The fourth-order valence-corrected chi connectivity index (χ4v) is 3.09. The summed E-state index contributed by atoms with van der Waals surface area (Å²) in [5, 5.41) is 9.23. The minimum absolute atomic E-state index is 0.0340. The van der Waals surface area contributed by atoms with Crippen LogP contribution in [0, 0.1) is 0 Å². The predicted octanol–water partition coefficient (Wildman–Crippen LogP) is 1.19. The van der Waals surface area contributed by atoms with Gasteiger partial charge in [-0.25, -0.2) is 18.1 Å². The van der Waals surface area contributed by atoms with Crippen LogP contribution in [0.3, 0.4) is 0 Å². The molecule has 1 aliphatic rings. The SMILES string of the molecule is O=S(=O)(NC1CC(O)C1)c1cnc(Cl)c(Cl)c1. The zero-order chi connectivity index (χ0) is 12.6. The van der Waals surface area contributed by atoms with E-state index in [0.717, 1.165) is 6.20 Å². The van der Waals surface area contributed by atoms with Gasteiger partial charge in [0.05, 0.1) is 11.1 Å². The Hall–Kier alpha value is -0.400. The molecule has 0 amide bonds. The Morgan fingerprint density at radius 1 is 1.41 bits per heavy atom. The van der Waals surface area contributed by atoms with Crippen molar-refractivity contribution in [2.24, 2.45) is 0 Å². The zero-order valence-corrected chi connectivity index (χ0v) is 10.9. The van der Waals surface area contributed by atoms with Crippen molar-refractivity contribution in [1.82, 2.24) is 9.71 Å². The number of hydrogen-bond donors (Lipinski definition) is 2. The minimum atomic E-state index is -3.65. The van der Waals surface area contributed by atoms with Crippen LogP contribution in [0.1, 0.15) is 12.8 Å². The van der Waals surface area contributed by atoms with Gasteiger partial charge < -0.3 is 5.11 Å². The molecule has 1 saturated carbocycles. The van der Waals surface area contributed by atoms with Gasteiger partial charge in [-0.1, -0.05) is 23.2 Å². The molecular formula is C9H10Cl2N2O3S. The zero-order valence-electron chi connectivity index (χ0n) is 8.60. The molecule has 1 fully saturated rings. The van der Waals surface area contributed by atoms with Crippen LogP contribution in [-0.2, 0) is 10.0 Å². The van der Waals surface area contributed by atoms with E-state index in [2.05, 4.69) is 9.71 Å². The predicted molar refractivity (Wildman–Crippen MR) is 63.6 cm³/mol. The lowest BCUT2D eigenvalue weighted by Crippen LogP contribution is -2.46. The summed E-state index contributed by atoms with van der Waals surface area (Å²) in [6.07, 6.45) is 1.57. The Morgan fingerprint density at radius 3 is 2.59 bits per heavy atom. The normalized spacial score (nSPS) is 24.4. The molecule has 1 heterocycles. The third-order valence-electron chi connectivity index (χ3n) is 2.52. The Kier molecular flexibility index (Phi) is 3.61. The van der Waals surface area contributed by atoms with Crippen molar-refractivity contribution in [2.75, 3.05) is 0 Å². The quantitative estimate of drug-likeness (QED) is 0.821. The second kappa shape index (κ2) is 4.70. The van der Waals surface area contributed by atoms with Crippen molar-refractivity contribution in [3.63, 3.8) is 0 Å². The molecule has 1 aliphatic carbocycles. The van der Waals surface area contributed by atoms with Crippen LogP contribution in [0.4, 0.5) is 0 Å². The Balaban J connectivity index is 2.17. The van der Waals surface area contributed by atoms with E-state index >= 15 is 0 Å². The van der Waals surface area contributed by atoms with E-state index in [1.807, 2.05) is 0 Å². The highest BCUT2D eigenvalue weighted by atomic mass is 35.5.